The van der Waals surface area contributed by atoms with Crippen LogP contribution in [0.1, 0.15) is 54.0 Å². The number of alkyl halides is 2. The van der Waals surface area contributed by atoms with Gasteiger partial charge >= 0.3 is 12.7 Å². The van der Waals surface area contributed by atoms with Gasteiger partial charge in [0.25, 0.3) is 5.91 Å². The summed E-state index contributed by atoms with van der Waals surface area (Å²) in [7, 11) is 0. The third-order valence-corrected chi connectivity index (χ3v) is 7.98. The van der Waals surface area contributed by atoms with Gasteiger partial charge in [-0.15, -0.1) is 11.3 Å². The van der Waals surface area contributed by atoms with Crippen LogP contribution in [0.25, 0.3) is 0 Å². The van der Waals surface area contributed by atoms with E-state index in [1.54, 1.807) is 56.5 Å². The molecule has 1 fully saturated rings. The number of likely N-dealkylation sites (tertiary alicyclic amines) is 1. The van der Waals surface area contributed by atoms with Gasteiger partial charge < -0.3 is 35.1 Å². The summed E-state index contributed by atoms with van der Waals surface area (Å²) < 4.78 is 41.9. The number of nitriles is 1. The fourth-order valence-corrected chi connectivity index (χ4v) is 5.69. The van der Waals surface area contributed by atoms with E-state index in [9.17, 15) is 33.2 Å². The monoisotopic (exact) mass is 683 g/mol. The number of halogens is 2. The number of thiophene rings is 1. The second kappa shape index (κ2) is 16.2. The van der Waals surface area contributed by atoms with Crippen LogP contribution >= 0.6 is 11.3 Å². The summed E-state index contributed by atoms with van der Waals surface area (Å²) in [6, 6.07) is 16.8. The maximum absolute atomic E-state index is 13.6. The summed E-state index contributed by atoms with van der Waals surface area (Å²) >= 11 is 1.17. The summed E-state index contributed by atoms with van der Waals surface area (Å²) in [5.41, 5.74) is -0.200. The van der Waals surface area contributed by atoms with Crippen LogP contribution in [0.5, 0.6) is 11.5 Å². The topological polar surface area (TPSA) is 159 Å². The smallest absolute Gasteiger partial charge is 0.407 e. The van der Waals surface area contributed by atoms with Crippen molar-refractivity contribution in [2.24, 2.45) is 0 Å². The van der Waals surface area contributed by atoms with Crippen LogP contribution in [-0.4, -0.2) is 72.7 Å². The number of carbonyl (C=O) groups excluding carboxylic acids is 4. The Morgan fingerprint density at radius 3 is 2.35 bits per heavy atom. The molecule has 1 unspecified atom stereocenters. The molecule has 254 valence electrons. The Labute approximate surface area is 280 Å². The van der Waals surface area contributed by atoms with E-state index in [2.05, 4.69) is 20.7 Å². The number of hydrogen-bond acceptors (Lipinski definition) is 9. The predicted molar refractivity (Wildman–Crippen MR) is 170 cm³/mol. The Kier molecular flexibility index (Phi) is 12.0. The molecule has 3 N–H and O–H groups in total. The van der Waals surface area contributed by atoms with Gasteiger partial charge in [-0.25, -0.2) is 4.79 Å². The van der Waals surface area contributed by atoms with Crippen molar-refractivity contribution < 1.29 is 42.2 Å². The van der Waals surface area contributed by atoms with Gasteiger partial charge in [0, 0.05) is 35.3 Å². The zero-order valence-electron chi connectivity index (χ0n) is 26.4. The van der Waals surface area contributed by atoms with Gasteiger partial charge in [0.05, 0.1) is 24.3 Å². The minimum absolute atomic E-state index is 0.130. The minimum atomic E-state index is -3.14. The molecule has 12 nitrogen and oxygen atoms in total. The summed E-state index contributed by atoms with van der Waals surface area (Å²) in [5, 5.41) is 18.7. The molecule has 15 heteroatoms. The van der Waals surface area contributed by atoms with E-state index < -0.39 is 60.8 Å². The molecular formula is C33H35F2N5O7S. The van der Waals surface area contributed by atoms with E-state index in [0.29, 0.717) is 21.9 Å². The van der Waals surface area contributed by atoms with Gasteiger partial charge in [0.2, 0.25) is 11.8 Å². The highest BCUT2D eigenvalue weighted by molar-refractivity contribution is 7.10. The summed E-state index contributed by atoms with van der Waals surface area (Å²) in [5.74, 6) is -0.858. The molecule has 2 heterocycles. The number of nitrogens with zero attached hydrogens (tertiary/aromatic N) is 2. The van der Waals surface area contributed by atoms with Gasteiger partial charge in [-0.3, -0.25) is 14.4 Å². The molecule has 0 radical (unpaired) electrons. The Bertz CT molecular complexity index is 1620. The maximum Gasteiger partial charge on any atom is 0.407 e. The number of nitrogens with one attached hydrogen (secondary N) is 3. The van der Waals surface area contributed by atoms with Crippen molar-refractivity contribution in [1.29, 1.82) is 5.26 Å². The van der Waals surface area contributed by atoms with Crippen molar-refractivity contribution in [3.05, 3.63) is 82.0 Å². The zero-order chi connectivity index (χ0) is 34.8. The number of hydrogen-bond donors (Lipinski definition) is 3. The number of rotatable bonds is 12. The van der Waals surface area contributed by atoms with E-state index >= 15 is 0 Å². The standard InChI is InChI=1S/C33H35F2N5O7S/c1-33(2,3)47-32(44)38-16-25(27-13-20(15-36)19-48-27)39-30(43)26-14-24(46-31(34)35)18-40(26)28(41)17-37-29(42)21-9-11-23(12-10-21)45-22-7-5-4-6-8-22/h4-13,19,24-26,31H,14,16-18H2,1-3H3,(H,37,42)(H,38,44)(H,39,43)/t24-,25?,26+/m1/s1. The second-order valence-corrected chi connectivity index (χ2v) is 12.7. The van der Waals surface area contributed by atoms with Crippen molar-refractivity contribution in [1.82, 2.24) is 20.9 Å². The fourth-order valence-electron chi connectivity index (χ4n) is 4.81. The minimum Gasteiger partial charge on any atom is -0.457 e. The van der Waals surface area contributed by atoms with Gasteiger partial charge in [-0.2, -0.15) is 14.0 Å². The maximum atomic E-state index is 13.6. The van der Waals surface area contributed by atoms with Crippen molar-refractivity contribution >= 4 is 35.2 Å². The van der Waals surface area contributed by atoms with Crippen LogP contribution in [0.15, 0.2) is 66.0 Å². The largest absolute Gasteiger partial charge is 0.457 e. The first-order valence-corrected chi connectivity index (χ1v) is 15.8. The molecule has 0 bridgehead atoms. The Morgan fingerprint density at radius 2 is 1.73 bits per heavy atom. The molecule has 1 aliphatic rings. The van der Waals surface area contributed by atoms with E-state index in [0.717, 1.165) is 4.90 Å². The highest BCUT2D eigenvalue weighted by atomic mass is 32.1. The molecule has 3 aromatic rings. The molecule has 1 saturated heterocycles. The Hall–Kier alpha value is -5.07. The lowest BCUT2D eigenvalue weighted by Gasteiger charge is -2.27. The average molecular weight is 684 g/mol. The Morgan fingerprint density at radius 1 is 1.04 bits per heavy atom. The normalized spacial score (nSPS) is 16.5. The van der Waals surface area contributed by atoms with E-state index in [1.807, 2.05) is 24.3 Å². The number of benzene rings is 2. The number of carbonyl (C=O) groups is 4. The van der Waals surface area contributed by atoms with Crippen molar-refractivity contribution in [3.8, 4) is 17.6 Å². The van der Waals surface area contributed by atoms with E-state index in [4.69, 9.17) is 9.47 Å². The van der Waals surface area contributed by atoms with Crippen LogP contribution < -0.4 is 20.7 Å². The lowest BCUT2D eigenvalue weighted by molar-refractivity contribution is -0.160. The van der Waals surface area contributed by atoms with E-state index in [-0.39, 0.29) is 25.1 Å². The highest BCUT2D eigenvalue weighted by Crippen LogP contribution is 2.26. The summed E-state index contributed by atoms with van der Waals surface area (Å²) in [6.45, 7) is 0.960. The lowest BCUT2D eigenvalue weighted by Crippen LogP contribution is -2.50. The molecule has 48 heavy (non-hydrogen) atoms. The second-order valence-electron chi connectivity index (χ2n) is 11.7. The number of amides is 4. The lowest BCUT2D eigenvalue weighted by atomic mass is 10.1. The average Bonchev–Trinajstić information content (AvgIpc) is 3.69. The van der Waals surface area contributed by atoms with Crippen LogP contribution in [-0.2, 0) is 19.1 Å². The number of alkyl carbamates (subject to hydrolysis) is 1. The molecule has 4 rings (SSSR count). The summed E-state index contributed by atoms with van der Waals surface area (Å²) in [6.07, 6.45) is -2.13. The zero-order valence-corrected chi connectivity index (χ0v) is 27.2. The third-order valence-electron chi connectivity index (χ3n) is 6.93. The molecule has 0 spiro atoms. The Balaban J connectivity index is 1.42. The third kappa shape index (κ3) is 10.5. The molecular weight excluding hydrogens is 648 g/mol. The molecule has 4 amide bonds. The molecule has 0 aliphatic carbocycles. The molecule has 2 aromatic carbocycles. The first-order valence-electron chi connectivity index (χ1n) is 14.9. The first-order chi connectivity index (χ1) is 22.8. The fraction of sp³-hybridized carbons (Fsp3) is 0.364. The SMILES string of the molecule is CC(C)(C)OC(=O)NCC(NC(=O)[C@@H]1C[C@@H](OC(F)F)CN1C(=O)CNC(=O)c1ccc(Oc2ccccc2)cc1)c1cc(C#N)cs1. The van der Waals surface area contributed by atoms with Crippen molar-refractivity contribution in [2.45, 2.75) is 57.6 Å². The van der Waals surface area contributed by atoms with Gasteiger partial charge in [0.1, 0.15) is 29.2 Å². The van der Waals surface area contributed by atoms with Gasteiger partial charge in [-0.05, 0) is 63.2 Å². The quantitative estimate of drug-likeness (QED) is 0.247. The molecule has 1 aromatic heterocycles. The van der Waals surface area contributed by atoms with Crippen molar-refractivity contribution in [3.63, 3.8) is 0 Å². The first kappa shape index (κ1) is 35.8. The van der Waals surface area contributed by atoms with Crippen LogP contribution in [0.4, 0.5) is 13.6 Å². The number of para-hydroxylation sites is 1. The van der Waals surface area contributed by atoms with E-state index in [1.165, 1.54) is 23.5 Å². The van der Waals surface area contributed by atoms with Crippen LogP contribution in [0, 0.1) is 11.3 Å². The molecule has 0 saturated carbocycles. The van der Waals surface area contributed by atoms with Gasteiger partial charge in [-0.1, -0.05) is 18.2 Å². The number of ether oxygens (including phenoxy) is 3. The molecule has 3 atom stereocenters. The van der Waals surface area contributed by atoms with Gasteiger partial charge in [0.15, 0.2) is 0 Å². The molecule has 1 aliphatic heterocycles. The summed E-state index contributed by atoms with van der Waals surface area (Å²) in [4.78, 5) is 53.6. The van der Waals surface area contributed by atoms with Crippen LogP contribution in [0.3, 0.4) is 0 Å². The highest BCUT2D eigenvalue weighted by Gasteiger charge is 2.42. The predicted octanol–water partition coefficient (Wildman–Crippen LogP) is 4.73. The van der Waals surface area contributed by atoms with Crippen molar-refractivity contribution in [2.75, 3.05) is 19.6 Å². The van der Waals surface area contributed by atoms with Crippen LogP contribution in [0.2, 0.25) is 0 Å².